The van der Waals surface area contributed by atoms with Crippen molar-refractivity contribution in [3.05, 3.63) is 29.8 Å². The van der Waals surface area contributed by atoms with E-state index in [1.807, 2.05) is 38.1 Å². The van der Waals surface area contributed by atoms with Crippen molar-refractivity contribution in [3.63, 3.8) is 0 Å². The average molecular weight is 292 g/mol. The van der Waals surface area contributed by atoms with Crippen molar-refractivity contribution in [1.82, 2.24) is 5.32 Å². The molecule has 0 saturated heterocycles. The molecule has 2 unspecified atom stereocenters. The highest BCUT2D eigenvalue weighted by Crippen LogP contribution is 2.25. The number of amides is 1. The van der Waals surface area contributed by atoms with Crippen molar-refractivity contribution in [2.24, 2.45) is 0 Å². The summed E-state index contributed by atoms with van der Waals surface area (Å²) in [5, 5.41) is 6.45. The van der Waals surface area contributed by atoms with Crippen LogP contribution in [0.4, 0.5) is 5.69 Å². The summed E-state index contributed by atoms with van der Waals surface area (Å²) in [6.07, 6.45) is 1.71. The highest BCUT2D eigenvalue weighted by Gasteiger charge is 2.31. The van der Waals surface area contributed by atoms with Crippen LogP contribution in [0.5, 0.6) is 0 Å². The molecule has 0 radical (unpaired) electrons. The van der Waals surface area contributed by atoms with E-state index in [-0.39, 0.29) is 11.9 Å². The summed E-state index contributed by atoms with van der Waals surface area (Å²) in [4.78, 5) is 12.4. The van der Waals surface area contributed by atoms with Gasteiger partial charge in [0.15, 0.2) is 0 Å². The lowest BCUT2D eigenvalue weighted by molar-refractivity contribution is -0.136. The van der Waals surface area contributed by atoms with Gasteiger partial charge in [-0.25, -0.2) is 0 Å². The van der Waals surface area contributed by atoms with E-state index in [0.717, 1.165) is 24.2 Å². The maximum absolute atomic E-state index is 12.4. The molecule has 4 heteroatoms. The van der Waals surface area contributed by atoms with Crippen molar-refractivity contribution in [1.29, 1.82) is 0 Å². The Labute approximate surface area is 128 Å². The van der Waals surface area contributed by atoms with Gasteiger partial charge in [0.2, 0.25) is 0 Å². The zero-order valence-corrected chi connectivity index (χ0v) is 13.8. The summed E-state index contributed by atoms with van der Waals surface area (Å²) in [7, 11) is 1.57. The molecule has 1 aromatic carbocycles. The lowest BCUT2D eigenvalue weighted by Gasteiger charge is -2.26. The predicted octanol–water partition coefficient (Wildman–Crippen LogP) is 3.50. The van der Waals surface area contributed by atoms with Gasteiger partial charge in [0.25, 0.3) is 5.91 Å². The van der Waals surface area contributed by atoms with Crippen molar-refractivity contribution in [2.45, 2.75) is 52.2 Å². The maximum atomic E-state index is 12.4. The molecule has 0 saturated carbocycles. The summed E-state index contributed by atoms with van der Waals surface area (Å²) < 4.78 is 5.36. The lowest BCUT2D eigenvalue weighted by atomic mass is 10.0. The molecule has 0 aromatic heterocycles. The monoisotopic (exact) mass is 292 g/mol. The normalized spacial score (nSPS) is 15.3. The molecule has 0 spiro atoms. The zero-order chi connectivity index (χ0) is 15.9. The average Bonchev–Trinajstić information content (AvgIpc) is 2.52. The van der Waals surface area contributed by atoms with Gasteiger partial charge in [0.1, 0.15) is 5.60 Å². The number of carbonyl (C=O) groups is 1. The first-order valence-electron chi connectivity index (χ1n) is 7.67. The highest BCUT2D eigenvalue weighted by molar-refractivity contribution is 5.97. The van der Waals surface area contributed by atoms with Crippen LogP contribution in [-0.4, -0.2) is 25.2 Å². The number of carbonyl (C=O) groups excluding carboxylic acids is 1. The third-order valence-corrected chi connectivity index (χ3v) is 3.98. The predicted molar refractivity (Wildman–Crippen MR) is 87.5 cm³/mol. The fraction of sp³-hybridized carbons (Fsp3) is 0.588. The van der Waals surface area contributed by atoms with E-state index in [0.29, 0.717) is 6.42 Å². The maximum Gasteiger partial charge on any atom is 0.256 e. The molecule has 0 heterocycles. The van der Waals surface area contributed by atoms with Crippen molar-refractivity contribution >= 4 is 11.6 Å². The standard InChI is InChI=1S/C17H28N2O2/c1-6-12-18-13(3)14-10-8-9-11-15(14)19-16(20)17(4,7-2)21-5/h8-11,13,18H,6-7,12H2,1-5H3,(H,19,20). The quantitative estimate of drug-likeness (QED) is 0.771. The van der Waals surface area contributed by atoms with E-state index >= 15 is 0 Å². The van der Waals surface area contributed by atoms with Crippen LogP contribution in [0.3, 0.4) is 0 Å². The van der Waals surface area contributed by atoms with Gasteiger partial charge in [0, 0.05) is 18.8 Å². The second-order valence-corrected chi connectivity index (χ2v) is 5.51. The second kappa shape index (κ2) is 8.15. The van der Waals surface area contributed by atoms with Gasteiger partial charge in [-0.15, -0.1) is 0 Å². The number of anilines is 1. The van der Waals surface area contributed by atoms with E-state index in [9.17, 15) is 4.79 Å². The van der Waals surface area contributed by atoms with Gasteiger partial charge in [0.05, 0.1) is 0 Å². The van der Waals surface area contributed by atoms with Gasteiger partial charge in [-0.2, -0.15) is 0 Å². The largest absolute Gasteiger partial charge is 0.369 e. The van der Waals surface area contributed by atoms with Crippen molar-refractivity contribution in [3.8, 4) is 0 Å². The molecular weight excluding hydrogens is 264 g/mol. The van der Waals surface area contributed by atoms with Crippen LogP contribution in [0.15, 0.2) is 24.3 Å². The molecule has 0 aliphatic carbocycles. The van der Waals surface area contributed by atoms with E-state index < -0.39 is 5.60 Å². The molecule has 0 aliphatic heterocycles. The van der Waals surface area contributed by atoms with Gasteiger partial charge in [-0.05, 0) is 44.9 Å². The lowest BCUT2D eigenvalue weighted by Crippen LogP contribution is -2.41. The van der Waals surface area contributed by atoms with Gasteiger partial charge < -0.3 is 15.4 Å². The number of nitrogens with one attached hydrogen (secondary N) is 2. The van der Waals surface area contributed by atoms with Gasteiger partial charge in [-0.3, -0.25) is 4.79 Å². The Morgan fingerprint density at radius 3 is 2.57 bits per heavy atom. The van der Waals surface area contributed by atoms with Crippen LogP contribution < -0.4 is 10.6 Å². The molecule has 1 aromatic rings. The topological polar surface area (TPSA) is 50.4 Å². The second-order valence-electron chi connectivity index (χ2n) is 5.51. The number of methoxy groups -OCH3 is 1. The Balaban J connectivity index is 2.91. The van der Waals surface area contributed by atoms with E-state index in [2.05, 4.69) is 24.5 Å². The molecule has 2 N–H and O–H groups in total. The first kappa shape index (κ1) is 17.7. The Kier molecular flexibility index (Phi) is 6.85. The summed E-state index contributed by atoms with van der Waals surface area (Å²) >= 11 is 0. The smallest absolute Gasteiger partial charge is 0.256 e. The molecule has 1 rings (SSSR count). The van der Waals surface area contributed by atoms with Crippen LogP contribution in [0, 0.1) is 0 Å². The molecule has 2 atom stereocenters. The SMILES string of the molecule is CCCNC(C)c1ccccc1NC(=O)C(C)(CC)OC. The van der Waals surface area contributed by atoms with Crippen LogP contribution in [0.2, 0.25) is 0 Å². The van der Waals surface area contributed by atoms with Gasteiger partial charge >= 0.3 is 0 Å². The van der Waals surface area contributed by atoms with Crippen molar-refractivity contribution < 1.29 is 9.53 Å². The number of hydrogen-bond donors (Lipinski definition) is 2. The minimum absolute atomic E-state index is 0.109. The summed E-state index contributed by atoms with van der Waals surface area (Å²) in [5.41, 5.74) is 1.14. The number of benzene rings is 1. The third-order valence-electron chi connectivity index (χ3n) is 3.98. The van der Waals surface area contributed by atoms with Crippen LogP contribution in [-0.2, 0) is 9.53 Å². The Morgan fingerprint density at radius 2 is 2.00 bits per heavy atom. The first-order valence-corrected chi connectivity index (χ1v) is 7.67. The van der Waals surface area contributed by atoms with Crippen LogP contribution >= 0.6 is 0 Å². The summed E-state index contributed by atoms with van der Waals surface area (Å²) in [5.74, 6) is -0.109. The Morgan fingerprint density at radius 1 is 1.33 bits per heavy atom. The number of hydrogen-bond acceptors (Lipinski definition) is 3. The number of ether oxygens (including phenoxy) is 1. The van der Waals surface area contributed by atoms with Crippen LogP contribution in [0.1, 0.15) is 52.1 Å². The van der Waals surface area contributed by atoms with E-state index in [1.54, 1.807) is 7.11 Å². The number of para-hydroxylation sites is 1. The summed E-state index contributed by atoms with van der Waals surface area (Å²) in [6, 6.07) is 8.09. The molecule has 1 amide bonds. The fourth-order valence-corrected chi connectivity index (χ4v) is 2.11. The van der Waals surface area contributed by atoms with Crippen molar-refractivity contribution in [2.75, 3.05) is 19.0 Å². The fourth-order valence-electron chi connectivity index (χ4n) is 2.11. The van der Waals surface area contributed by atoms with E-state index in [4.69, 9.17) is 4.74 Å². The molecule has 118 valence electrons. The molecule has 0 fully saturated rings. The Bertz CT molecular complexity index is 456. The van der Waals surface area contributed by atoms with Crippen LogP contribution in [0.25, 0.3) is 0 Å². The summed E-state index contributed by atoms with van der Waals surface area (Å²) in [6.45, 7) is 8.95. The molecule has 0 aliphatic rings. The van der Waals surface area contributed by atoms with E-state index in [1.165, 1.54) is 0 Å². The minimum atomic E-state index is -0.798. The minimum Gasteiger partial charge on any atom is -0.369 e. The number of rotatable bonds is 8. The molecule has 21 heavy (non-hydrogen) atoms. The highest BCUT2D eigenvalue weighted by atomic mass is 16.5. The molecular formula is C17H28N2O2. The molecule has 0 bridgehead atoms. The zero-order valence-electron chi connectivity index (χ0n) is 13.8. The van der Waals surface area contributed by atoms with Gasteiger partial charge in [-0.1, -0.05) is 32.0 Å². The first-order chi connectivity index (χ1) is 9.98. The third kappa shape index (κ3) is 4.55. The molecule has 4 nitrogen and oxygen atoms in total. The Hall–Kier alpha value is -1.39.